The number of carbonyl (C=O) groups is 3. The Kier molecular flexibility index (Phi) is 14.0. The Morgan fingerprint density at radius 1 is 1.08 bits per heavy atom. The summed E-state index contributed by atoms with van der Waals surface area (Å²) in [5, 5.41) is 5.79. The molecule has 0 aliphatic carbocycles. The van der Waals surface area contributed by atoms with Gasteiger partial charge in [0, 0.05) is 12.6 Å². The highest BCUT2D eigenvalue weighted by atomic mass is 32.2. The molecule has 7 nitrogen and oxygen atoms in total. The van der Waals surface area contributed by atoms with Crippen LogP contribution in [0, 0.1) is 6.92 Å². The van der Waals surface area contributed by atoms with E-state index in [1.54, 1.807) is 37.4 Å². The maximum absolute atomic E-state index is 14.1. The number of ether oxygens (including phenoxy) is 1. The fourth-order valence-electron chi connectivity index (χ4n) is 3.90. The van der Waals surface area contributed by atoms with Crippen molar-refractivity contribution >= 4 is 29.7 Å². The van der Waals surface area contributed by atoms with Gasteiger partial charge in [-0.05, 0) is 72.0 Å². The second kappa shape index (κ2) is 15.8. The number of aryl methyl sites for hydroxylation is 1. The van der Waals surface area contributed by atoms with Crippen molar-refractivity contribution in [1.82, 2.24) is 15.5 Å². The van der Waals surface area contributed by atoms with Crippen LogP contribution < -0.4 is 10.6 Å². The van der Waals surface area contributed by atoms with Gasteiger partial charge in [-0.2, -0.15) is 11.8 Å². The van der Waals surface area contributed by atoms with Gasteiger partial charge in [0.15, 0.2) is 0 Å². The zero-order chi connectivity index (χ0) is 27.3. The van der Waals surface area contributed by atoms with Gasteiger partial charge in [0.2, 0.25) is 11.8 Å². The molecule has 0 aliphatic rings. The van der Waals surface area contributed by atoms with Gasteiger partial charge in [0.1, 0.15) is 17.7 Å². The van der Waals surface area contributed by atoms with E-state index >= 15 is 0 Å². The predicted octanol–water partition coefficient (Wildman–Crippen LogP) is 5.62. The molecule has 0 radical (unpaired) electrons. The first kappa shape index (κ1) is 31.8. The van der Waals surface area contributed by atoms with Crippen molar-refractivity contribution < 1.29 is 19.1 Å². The number of alkyl carbamates (subject to hydrolysis) is 1. The molecule has 36 heavy (non-hydrogen) atoms. The van der Waals surface area contributed by atoms with Gasteiger partial charge in [0.05, 0.1) is 0 Å². The SMILES string of the molecule is CCCCCCN(C(=O)C(CCSC)NC(=O)OC(C)(C)C)C(C(=O)NC(C)C)c1cccc(C)c1. The van der Waals surface area contributed by atoms with E-state index in [-0.39, 0.29) is 17.9 Å². The van der Waals surface area contributed by atoms with Crippen molar-refractivity contribution in [2.24, 2.45) is 0 Å². The Labute approximate surface area is 222 Å². The quantitative estimate of drug-likeness (QED) is 0.311. The van der Waals surface area contributed by atoms with Gasteiger partial charge >= 0.3 is 6.09 Å². The number of rotatable bonds is 14. The molecule has 0 saturated carbocycles. The van der Waals surface area contributed by atoms with E-state index in [2.05, 4.69) is 17.6 Å². The summed E-state index contributed by atoms with van der Waals surface area (Å²) < 4.78 is 5.45. The van der Waals surface area contributed by atoms with Crippen LogP contribution in [-0.4, -0.2) is 59.0 Å². The lowest BCUT2D eigenvalue weighted by Crippen LogP contribution is -2.54. The van der Waals surface area contributed by atoms with Crippen LogP contribution in [0.1, 0.15) is 90.8 Å². The van der Waals surface area contributed by atoms with E-state index < -0.39 is 23.8 Å². The molecule has 8 heteroatoms. The topological polar surface area (TPSA) is 87.7 Å². The predicted molar refractivity (Wildman–Crippen MR) is 149 cm³/mol. The van der Waals surface area contributed by atoms with Crippen LogP contribution in [0.2, 0.25) is 0 Å². The van der Waals surface area contributed by atoms with Gasteiger partial charge < -0.3 is 20.3 Å². The lowest BCUT2D eigenvalue weighted by Gasteiger charge is -2.35. The van der Waals surface area contributed by atoms with Crippen LogP contribution in [0.15, 0.2) is 24.3 Å². The smallest absolute Gasteiger partial charge is 0.408 e. The summed E-state index contributed by atoms with van der Waals surface area (Å²) in [7, 11) is 0. The summed E-state index contributed by atoms with van der Waals surface area (Å²) in [5.74, 6) is 0.195. The molecule has 2 N–H and O–H groups in total. The molecule has 204 valence electrons. The van der Waals surface area contributed by atoms with Crippen LogP contribution in [-0.2, 0) is 14.3 Å². The number of nitrogens with zero attached hydrogens (tertiary/aromatic N) is 1. The lowest BCUT2D eigenvalue weighted by atomic mass is 9.99. The van der Waals surface area contributed by atoms with Gasteiger partial charge in [-0.1, -0.05) is 56.0 Å². The Bertz CT molecular complexity index is 838. The number of hydrogen-bond acceptors (Lipinski definition) is 5. The highest BCUT2D eigenvalue weighted by molar-refractivity contribution is 7.98. The van der Waals surface area contributed by atoms with Crippen LogP contribution in [0.25, 0.3) is 0 Å². The fraction of sp³-hybridized carbons (Fsp3) is 0.679. The molecule has 0 aliphatic heterocycles. The van der Waals surface area contributed by atoms with E-state index in [0.29, 0.717) is 18.7 Å². The van der Waals surface area contributed by atoms with Gasteiger partial charge in [-0.25, -0.2) is 4.79 Å². The number of amides is 3. The Hall–Kier alpha value is -2.22. The summed E-state index contributed by atoms with van der Waals surface area (Å²) >= 11 is 1.60. The van der Waals surface area contributed by atoms with Gasteiger partial charge in [-0.3, -0.25) is 9.59 Å². The average molecular weight is 522 g/mol. The van der Waals surface area contributed by atoms with E-state index in [1.165, 1.54) is 0 Å². The third-order valence-electron chi connectivity index (χ3n) is 5.48. The number of benzene rings is 1. The molecule has 1 rings (SSSR count). The largest absolute Gasteiger partial charge is 0.444 e. The Morgan fingerprint density at radius 2 is 1.78 bits per heavy atom. The number of unbranched alkanes of at least 4 members (excludes halogenated alkanes) is 3. The van der Waals surface area contributed by atoms with Gasteiger partial charge in [-0.15, -0.1) is 0 Å². The minimum Gasteiger partial charge on any atom is -0.444 e. The van der Waals surface area contributed by atoms with E-state index in [0.717, 1.165) is 36.8 Å². The first-order chi connectivity index (χ1) is 16.9. The molecule has 1 aromatic carbocycles. The first-order valence-corrected chi connectivity index (χ1v) is 14.4. The standard InChI is InChI=1S/C28H47N3O4S/c1-9-10-11-12-17-31(24(25(32)29-20(2)3)22-15-13-14-21(4)19-22)26(33)23(16-18-36-8)30-27(34)35-28(5,6)7/h13-15,19-20,23-24H,9-12,16-18H2,1-8H3,(H,29,32)(H,30,34). The molecule has 0 saturated heterocycles. The van der Waals surface area contributed by atoms with E-state index in [9.17, 15) is 14.4 Å². The Balaban J connectivity index is 3.43. The second-order valence-corrected chi connectivity index (χ2v) is 11.5. The Morgan fingerprint density at radius 3 is 2.33 bits per heavy atom. The van der Waals surface area contributed by atoms with Crippen molar-refractivity contribution in [1.29, 1.82) is 0 Å². The minimum absolute atomic E-state index is 0.0750. The molecular formula is C28H47N3O4S. The molecule has 0 fully saturated rings. The lowest BCUT2D eigenvalue weighted by molar-refractivity contribution is -0.142. The van der Waals surface area contributed by atoms with Crippen LogP contribution in [0.5, 0.6) is 0 Å². The van der Waals surface area contributed by atoms with Crippen molar-refractivity contribution in [3.63, 3.8) is 0 Å². The summed E-state index contributed by atoms with van der Waals surface area (Å²) in [4.78, 5) is 41.9. The molecule has 1 aromatic rings. The number of thioether (sulfide) groups is 1. The number of carbonyl (C=O) groups excluding carboxylic acids is 3. The molecule has 3 amide bonds. The molecular weight excluding hydrogens is 474 g/mol. The normalized spacial score (nSPS) is 13.1. The maximum Gasteiger partial charge on any atom is 0.408 e. The van der Waals surface area contributed by atoms with Crippen molar-refractivity contribution in [2.45, 2.75) is 104 Å². The van der Waals surface area contributed by atoms with Crippen molar-refractivity contribution in [3.8, 4) is 0 Å². The molecule has 0 bridgehead atoms. The van der Waals surface area contributed by atoms with E-state index in [4.69, 9.17) is 4.74 Å². The summed E-state index contributed by atoms with van der Waals surface area (Å²) in [6.07, 6.45) is 5.63. The van der Waals surface area contributed by atoms with Crippen LogP contribution in [0.3, 0.4) is 0 Å². The van der Waals surface area contributed by atoms with Crippen LogP contribution in [0.4, 0.5) is 4.79 Å². The number of nitrogens with one attached hydrogen (secondary N) is 2. The summed E-state index contributed by atoms with van der Waals surface area (Å²) in [6.45, 7) is 13.7. The zero-order valence-corrected chi connectivity index (χ0v) is 24.3. The molecule has 2 unspecified atom stereocenters. The second-order valence-electron chi connectivity index (χ2n) is 10.6. The zero-order valence-electron chi connectivity index (χ0n) is 23.5. The highest BCUT2D eigenvalue weighted by Gasteiger charge is 2.36. The summed E-state index contributed by atoms with van der Waals surface area (Å²) in [6, 6.07) is 6.06. The summed E-state index contributed by atoms with van der Waals surface area (Å²) in [5.41, 5.74) is 1.09. The van der Waals surface area contributed by atoms with Gasteiger partial charge in [0.25, 0.3) is 0 Å². The van der Waals surface area contributed by atoms with Crippen molar-refractivity contribution in [3.05, 3.63) is 35.4 Å². The maximum atomic E-state index is 14.1. The van der Waals surface area contributed by atoms with Crippen LogP contribution >= 0.6 is 11.8 Å². The van der Waals surface area contributed by atoms with Crippen molar-refractivity contribution in [2.75, 3.05) is 18.6 Å². The monoisotopic (exact) mass is 521 g/mol. The first-order valence-electron chi connectivity index (χ1n) is 13.1. The number of hydrogen-bond donors (Lipinski definition) is 2. The molecule has 0 heterocycles. The van der Waals surface area contributed by atoms with E-state index in [1.807, 2.05) is 51.3 Å². The molecule has 2 atom stereocenters. The molecule has 0 aromatic heterocycles. The minimum atomic E-state index is -0.794. The average Bonchev–Trinajstić information content (AvgIpc) is 2.76. The third kappa shape index (κ3) is 11.7. The third-order valence-corrected chi connectivity index (χ3v) is 6.13. The highest BCUT2D eigenvalue weighted by Crippen LogP contribution is 2.25. The molecule has 0 spiro atoms. The fourth-order valence-corrected chi connectivity index (χ4v) is 4.37.